The minimum absolute atomic E-state index is 0.119. The minimum atomic E-state index is 0.119. The van der Waals surface area contributed by atoms with Gasteiger partial charge in [-0.05, 0) is 12.3 Å². The van der Waals surface area contributed by atoms with Crippen molar-refractivity contribution in [1.82, 2.24) is 15.0 Å². The van der Waals surface area contributed by atoms with Crippen molar-refractivity contribution >= 4 is 6.29 Å². The summed E-state index contributed by atoms with van der Waals surface area (Å²) in [6.45, 7) is 4.70. The lowest BCUT2D eigenvalue weighted by Gasteiger charge is -2.08. The molecule has 5 heteroatoms. The second-order valence-electron chi connectivity index (χ2n) is 3.43. The van der Waals surface area contributed by atoms with Gasteiger partial charge in [0.05, 0.1) is 5.69 Å². The number of carbonyl (C=O) groups excluding carboxylic acids is 1. The van der Waals surface area contributed by atoms with E-state index in [0.29, 0.717) is 18.7 Å². The van der Waals surface area contributed by atoms with Gasteiger partial charge in [-0.25, -0.2) is 4.68 Å². The van der Waals surface area contributed by atoms with Gasteiger partial charge in [-0.1, -0.05) is 19.1 Å². The van der Waals surface area contributed by atoms with E-state index in [9.17, 15) is 4.79 Å². The van der Waals surface area contributed by atoms with Gasteiger partial charge in [0.15, 0.2) is 6.29 Å². The molecule has 0 atom stereocenters. The molecule has 1 heterocycles. The maximum Gasteiger partial charge on any atom is 0.172 e. The summed E-state index contributed by atoms with van der Waals surface area (Å²) < 4.78 is 1.69. The van der Waals surface area contributed by atoms with Gasteiger partial charge in [0.1, 0.15) is 5.69 Å². The van der Waals surface area contributed by atoms with Crippen LogP contribution in [0.2, 0.25) is 0 Å². The van der Waals surface area contributed by atoms with Gasteiger partial charge in [0, 0.05) is 13.2 Å². The summed E-state index contributed by atoms with van der Waals surface area (Å²) in [5, 5.41) is 16.3. The number of rotatable bonds is 5. The normalized spacial score (nSPS) is 10.9. The van der Waals surface area contributed by atoms with Crippen molar-refractivity contribution in [3.63, 3.8) is 0 Å². The van der Waals surface area contributed by atoms with Crippen LogP contribution in [0.4, 0.5) is 0 Å². The van der Waals surface area contributed by atoms with E-state index in [1.54, 1.807) is 4.68 Å². The third-order valence-corrected chi connectivity index (χ3v) is 1.99. The van der Waals surface area contributed by atoms with Crippen molar-refractivity contribution in [3.8, 4) is 0 Å². The molecular weight excluding hydrogens is 182 g/mol. The molecule has 0 aliphatic rings. The van der Waals surface area contributed by atoms with Crippen molar-refractivity contribution in [3.05, 3.63) is 11.4 Å². The first-order chi connectivity index (χ1) is 6.70. The zero-order chi connectivity index (χ0) is 10.6. The summed E-state index contributed by atoms with van der Waals surface area (Å²) in [5.74, 6) is 0.212. The van der Waals surface area contributed by atoms with Crippen LogP contribution in [0.5, 0.6) is 0 Å². The highest BCUT2D eigenvalue weighted by Gasteiger charge is 2.14. The fourth-order valence-electron chi connectivity index (χ4n) is 1.40. The minimum Gasteiger partial charge on any atom is -0.396 e. The molecule has 0 aliphatic carbocycles. The fourth-order valence-corrected chi connectivity index (χ4v) is 1.40. The van der Waals surface area contributed by atoms with E-state index in [-0.39, 0.29) is 12.5 Å². The quantitative estimate of drug-likeness (QED) is 0.702. The molecule has 0 aromatic carbocycles. The molecule has 1 N–H and O–H groups in total. The van der Waals surface area contributed by atoms with Crippen LogP contribution in [0.1, 0.15) is 42.4 Å². The lowest BCUT2D eigenvalue weighted by atomic mass is 10.1. The molecule has 1 rings (SSSR count). The van der Waals surface area contributed by atoms with Gasteiger partial charge in [-0.3, -0.25) is 4.79 Å². The number of carbonyl (C=O) groups is 1. The third-order valence-electron chi connectivity index (χ3n) is 1.99. The molecule has 5 nitrogen and oxygen atoms in total. The molecule has 78 valence electrons. The van der Waals surface area contributed by atoms with Crippen LogP contribution in [-0.2, 0) is 6.54 Å². The van der Waals surface area contributed by atoms with Crippen molar-refractivity contribution in [2.45, 2.75) is 32.7 Å². The smallest absolute Gasteiger partial charge is 0.172 e. The molecular formula is C9H15N3O2. The first kappa shape index (κ1) is 10.8. The van der Waals surface area contributed by atoms with Crippen molar-refractivity contribution in [2.24, 2.45) is 0 Å². The molecule has 0 amide bonds. The van der Waals surface area contributed by atoms with E-state index in [0.717, 1.165) is 12.0 Å². The topological polar surface area (TPSA) is 68.0 Å². The average Bonchev–Trinajstić information content (AvgIpc) is 2.57. The summed E-state index contributed by atoms with van der Waals surface area (Å²) in [5.41, 5.74) is 1.24. The SMILES string of the molecule is CC(C)c1c(C=O)nnn1CCCO. The summed E-state index contributed by atoms with van der Waals surface area (Å²) in [4.78, 5) is 10.7. The Hall–Kier alpha value is -1.23. The Balaban J connectivity index is 2.92. The van der Waals surface area contributed by atoms with Crippen molar-refractivity contribution in [1.29, 1.82) is 0 Å². The Labute approximate surface area is 82.7 Å². The van der Waals surface area contributed by atoms with Crippen LogP contribution in [0, 0.1) is 0 Å². The lowest BCUT2D eigenvalue weighted by molar-refractivity contribution is 0.111. The van der Waals surface area contributed by atoms with E-state index in [1.807, 2.05) is 13.8 Å². The molecule has 0 aliphatic heterocycles. The Morgan fingerprint density at radius 3 is 2.79 bits per heavy atom. The van der Waals surface area contributed by atoms with Crippen LogP contribution in [0.15, 0.2) is 0 Å². The number of aliphatic hydroxyl groups excluding tert-OH is 1. The number of hydrogen-bond donors (Lipinski definition) is 1. The van der Waals surface area contributed by atoms with Crippen molar-refractivity contribution < 1.29 is 9.90 Å². The average molecular weight is 197 g/mol. The number of aromatic nitrogens is 3. The van der Waals surface area contributed by atoms with Gasteiger partial charge < -0.3 is 5.11 Å². The number of aliphatic hydroxyl groups is 1. The Bertz CT molecular complexity index is 307. The van der Waals surface area contributed by atoms with Gasteiger partial charge in [-0.15, -0.1) is 5.10 Å². The molecule has 1 aromatic heterocycles. The van der Waals surface area contributed by atoms with Gasteiger partial charge in [-0.2, -0.15) is 0 Å². The summed E-state index contributed by atoms with van der Waals surface area (Å²) in [6.07, 6.45) is 1.35. The first-order valence-corrected chi connectivity index (χ1v) is 4.70. The molecule has 0 bridgehead atoms. The highest BCUT2D eigenvalue weighted by molar-refractivity contribution is 5.73. The summed E-state index contributed by atoms with van der Waals surface area (Å²) >= 11 is 0. The van der Waals surface area contributed by atoms with E-state index >= 15 is 0 Å². The van der Waals surface area contributed by atoms with E-state index in [1.165, 1.54) is 0 Å². The van der Waals surface area contributed by atoms with E-state index in [4.69, 9.17) is 5.11 Å². The monoisotopic (exact) mass is 197 g/mol. The second-order valence-corrected chi connectivity index (χ2v) is 3.43. The van der Waals surface area contributed by atoms with Crippen LogP contribution in [0.25, 0.3) is 0 Å². The van der Waals surface area contributed by atoms with Crippen molar-refractivity contribution in [2.75, 3.05) is 6.61 Å². The Kier molecular flexibility index (Phi) is 3.76. The predicted molar refractivity (Wildman–Crippen MR) is 51.2 cm³/mol. The molecule has 0 saturated heterocycles. The van der Waals surface area contributed by atoms with E-state index < -0.39 is 0 Å². The van der Waals surface area contributed by atoms with Crippen LogP contribution < -0.4 is 0 Å². The van der Waals surface area contributed by atoms with Gasteiger partial charge >= 0.3 is 0 Å². The standard InChI is InChI=1S/C9H15N3O2/c1-7(2)9-8(6-14)10-11-12(9)4-3-5-13/h6-7,13H,3-5H2,1-2H3. The number of aldehydes is 1. The zero-order valence-corrected chi connectivity index (χ0v) is 8.47. The summed E-state index contributed by atoms with van der Waals surface area (Å²) in [6, 6.07) is 0. The molecule has 0 fully saturated rings. The van der Waals surface area contributed by atoms with Crippen LogP contribution >= 0.6 is 0 Å². The number of hydrogen-bond acceptors (Lipinski definition) is 4. The number of nitrogens with zero attached hydrogens (tertiary/aromatic N) is 3. The fraction of sp³-hybridized carbons (Fsp3) is 0.667. The molecule has 14 heavy (non-hydrogen) atoms. The van der Waals surface area contributed by atoms with Crippen LogP contribution in [0.3, 0.4) is 0 Å². The molecule has 0 spiro atoms. The molecule has 0 radical (unpaired) electrons. The Morgan fingerprint density at radius 2 is 2.29 bits per heavy atom. The lowest BCUT2D eigenvalue weighted by Crippen LogP contribution is -2.08. The van der Waals surface area contributed by atoms with Gasteiger partial charge in [0.2, 0.25) is 0 Å². The maximum atomic E-state index is 10.7. The first-order valence-electron chi connectivity index (χ1n) is 4.70. The largest absolute Gasteiger partial charge is 0.396 e. The molecule has 0 unspecified atom stereocenters. The predicted octanol–water partition coefficient (Wildman–Crippen LogP) is 0.596. The summed E-state index contributed by atoms with van der Waals surface area (Å²) in [7, 11) is 0. The van der Waals surface area contributed by atoms with Crippen LogP contribution in [-0.4, -0.2) is 33.0 Å². The molecule has 0 saturated carbocycles. The number of aryl methyl sites for hydroxylation is 1. The highest BCUT2D eigenvalue weighted by Crippen LogP contribution is 2.16. The Morgan fingerprint density at radius 1 is 1.57 bits per heavy atom. The van der Waals surface area contributed by atoms with Gasteiger partial charge in [0.25, 0.3) is 0 Å². The second kappa shape index (κ2) is 4.85. The highest BCUT2D eigenvalue weighted by atomic mass is 16.3. The zero-order valence-electron chi connectivity index (χ0n) is 8.47. The third kappa shape index (κ3) is 2.17. The van der Waals surface area contributed by atoms with E-state index in [2.05, 4.69) is 10.3 Å². The molecule has 1 aromatic rings. The maximum absolute atomic E-state index is 10.7.